The Morgan fingerprint density at radius 3 is 2.81 bits per heavy atom. The van der Waals surface area contributed by atoms with E-state index in [9.17, 15) is 9.18 Å². The molecule has 0 bridgehead atoms. The second kappa shape index (κ2) is 11.0. The molecule has 5 nitrogen and oxygen atoms in total. The van der Waals surface area contributed by atoms with Gasteiger partial charge in [0.25, 0.3) is 0 Å². The van der Waals surface area contributed by atoms with Gasteiger partial charge in [0.1, 0.15) is 11.6 Å². The van der Waals surface area contributed by atoms with Crippen molar-refractivity contribution in [3.63, 3.8) is 0 Å². The van der Waals surface area contributed by atoms with Crippen LogP contribution in [0.15, 0.2) is 42.6 Å². The molecule has 2 heterocycles. The molecular weight excluding hydrogens is 380 g/mol. The number of hydrogen-bond donors (Lipinski definition) is 2. The lowest BCUT2D eigenvalue weighted by atomic mass is 9.99. The minimum Gasteiger partial charge on any atom is -0.439 e. The molecular formula is C18H22Cl2FN3O2. The molecule has 0 spiro atoms. The topological polar surface area (TPSA) is 63.2 Å². The van der Waals surface area contributed by atoms with E-state index in [1.54, 1.807) is 24.4 Å². The summed E-state index contributed by atoms with van der Waals surface area (Å²) < 4.78 is 18.6. The smallest absolute Gasteiger partial charge is 0.224 e. The Balaban J connectivity index is 0.00000169. The number of benzene rings is 1. The van der Waals surface area contributed by atoms with Crippen molar-refractivity contribution in [2.45, 2.75) is 19.4 Å². The number of piperidine rings is 1. The maximum Gasteiger partial charge on any atom is 0.224 e. The van der Waals surface area contributed by atoms with Gasteiger partial charge >= 0.3 is 0 Å². The SMILES string of the molecule is Cl.Cl.O=C(NCc1ccc(Oc2cccc(F)c2)nc1)C1CCCNC1. The second-order valence-corrected chi connectivity index (χ2v) is 5.83. The Labute approximate surface area is 164 Å². The molecule has 142 valence electrons. The van der Waals surface area contributed by atoms with Gasteiger partial charge in [-0.15, -0.1) is 24.8 Å². The molecule has 2 N–H and O–H groups in total. The number of carbonyl (C=O) groups is 1. The zero-order valence-electron chi connectivity index (χ0n) is 14.1. The normalized spacial score (nSPS) is 16.0. The number of pyridine rings is 1. The molecule has 1 aromatic carbocycles. The molecule has 0 aliphatic carbocycles. The van der Waals surface area contributed by atoms with Crippen LogP contribution in [0.3, 0.4) is 0 Å². The molecule has 0 radical (unpaired) electrons. The van der Waals surface area contributed by atoms with Crippen molar-refractivity contribution in [2.75, 3.05) is 13.1 Å². The summed E-state index contributed by atoms with van der Waals surface area (Å²) in [6.45, 7) is 2.16. The first-order valence-corrected chi connectivity index (χ1v) is 8.07. The maximum absolute atomic E-state index is 13.1. The van der Waals surface area contributed by atoms with E-state index < -0.39 is 0 Å². The van der Waals surface area contributed by atoms with E-state index in [-0.39, 0.29) is 42.5 Å². The van der Waals surface area contributed by atoms with Gasteiger partial charge in [-0.05, 0) is 37.1 Å². The first-order chi connectivity index (χ1) is 11.7. The zero-order chi connectivity index (χ0) is 16.8. The van der Waals surface area contributed by atoms with Gasteiger partial charge in [-0.2, -0.15) is 0 Å². The van der Waals surface area contributed by atoms with Gasteiger partial charge in [0.15, 0.2) is 0 Å². The highest BCUT2D eigenvalue weighted by atomic mass is 35.5. The third-order valence-electron chi connectivity index (χ3n) is 3.95. The average molecular weight is 402 g/mol. The van der Waals surface area contributed by atoms with Crippen molar-refractivity contribution in [3.05, 3.63) is 54.0 Å². The van der Waals surface area contributed by atoms with Crippen molar-refractivity contribution in [2.24, 2.45) is 5.92 Å². The molecule has 1 aliphatic heterocycles. The summed E-state index contributed by atoms with van der Waals surface area (Å²) in [6, 6.07) is 9.43. The van der Waals surface area contributed by atoms with Gasteiger partial charge in [-0.3, -0.25) is 4.79 Å². The van der Waals surface area contributed by atoms with Crippen LogP contribution in [0.4, 0.5) is 4.39 Å². The van der Waals surface area contributed by atoms with Crippen LogP contribution in [0.1, 0.15) is 18.4 Å². The Morgan fingerprint density at radius 2 is 2.15 bits per heavy atom. The number of hydrogen-bond acceptors (Lipinski definition) is 4. The van der Waals surface area contributed by atoms with E-state index in [0.717, 1.165) is 31.5 Å². The van der Waals surface area contributed by atoms with Gasteiger partial charge in [0.2, 0.25) is 11.8 Å². The zero-order valence-corrected chi connectivity index (χ0v) is 15.7. The van der Waals surface area contributed by atoms with Crippen LogP contribution < -0.4 is 15.4 Å². The van der Waals surface area contributed by atoms with E-state index in [1.165, 1.54) is 12.1 Å². The predicted molar refractivity (Wildman–Crippen MR) is 103 cm³/mol. The standard InChI is InChI=1S/C18H20FN3O2.2ClH/c19-15-4-1-5-16(9-15)24-17-7-6-13(10-21-17)11-22-18(23)14-3-2-8-20-12-14;;/h1,4-7,9-10,14,20H,2-3,8,11-12H2,(H,22,23);2*1H. The van der Waals surface area contributed by atoms with Crippen molar-refractivity contribution >= 4 is 30.7 Å². The van der Waals surface area contributed by atoms with Crippen LogP contribution in [0, 0.1) is 11.7 Å². The Bertz CT molecular complexity index is 695. The maximum atomic E-state index is 13.1. The first kappa shape index (κ1) is 22.2. The highest BCUT2D eigenvalue weighted by Crippen LogP contribution is 2.20. The number of aromatic nitrogens is 1. The summed E-state index contributed by atoms with van der Waals surface area (Å²) in [5.74, 6) is 0.536. The van der Waals surface area contributed by atoms with Crippen molar-refractivity contribution in [3.8, 4) is 11.6 Å². The molecule has 1 amide bonds. The number of halogens is 3. The fourth-order valence-electron chi connectivity index (χ4n) is 2.64. The van der Waals surface area contributed by atoms with Crippen LogP contribution in [0.25, 0.3) is 0 Å². The van der Waals surface area contributed by atoms with E-state index in [2.05, 4.69) is 15.6 Å². The molecule has 1 aromatic heterocycles. The summed E-state index contributed by atoms with van der Waals surface area (Å²) in [5.41, 5.74) is 0.888. The summed E-state index contributed by atoms with van der Waals surface area (Å²) in [7, 11) is 0. The molecule has 0 saturated carbocycles. The fourth-order valence-corrected chi connectivity index (χ4v) is 2.64. The Hall–Kier alpha value is -1.89. The van der Waals surface area contributed by atoms with E-state index >= 15 is 0 Å². The number of nitrogens with one attached hydrogen (secondary N) is 2. The monoisotopic (exact) mass is 401 g/mol. The first-order valence-electron chi connectivity index (χ1n) is 8.07. The van der Waals surface area contributed by atoms with Crippen molar-refractivity contribution in [1.29, 1.82) is 0 Å². The summed E-state index contributed by atoms with van der Waals surface area (Å²) >= 11 is 0. The third kappa shape index (κ3) is 6.44. The van der Waals surface area contributed by atoms with Gasteiger partial charge in [0, 0.05) is 31.4 Å². The minimum atomic E-state index is -0.357. The average Bonchev–Trinajstić information content (AvgIpc) is 2.62. The second-order valence-electron chi connectivity index (χ2n) is 5.83. The molecule has 2 aromatic rings. The predicted octanol–water partition coefficient (Wildman–Crippen LogP) is 3.47. The number of carbonyl (C=O) groups excluding carboxylic acids is 1. The van der Waals surface area contributed by atoms with Crippen molar-refractivity contribution < 1.29 is 13.9 Å². The number of ether oxygens (including phenoxy) is 1. The Morgan fingerprint density at radius 1 is 1.31 bits per heavy atom. The van der Waals surface area contributed by atoms with E-state index in [1.807, 2.05) is 6.07 Å². The lowest BCUT2D eigenvalue weighted by molar-refractivity contribution is -0.125. The highest BCUT2D eigenvalue weighted by molar-refractivity contribution is 5.85. The van der Waals surface area contributed by atoms with Gasteiger partial charge in [0.05, 0.1) is 5.92 Å². The van der Waals surface area contributed by atoms with Crippen LogP contribution in [-0.2, 0) is 11.3 Å². The summed E-state index contributed by atoms with van der Waals surface area (Å²) in [5, 5.41) is 6.17. The largest absolute Gasteiger partial charge is 0.439 e. The van der Waals surface area contributed by atoms with E-state index in [4.69, 9.17) is 4.74 Å². The molecule has 26 heavy (non-hydrogen) atoms. The van der Waals surface area contributed by atoms with Crippen LogP contribution >= 0.6 is 24.8 Å². The number of rotatable bonds is 5. The van der Waals surface area contributed by atoms with Crippen molar-refractivity contribution in [1.82, 2.24) is 15.6 Å². The molecule has 1 fully saturated rings. The van der Waals surface area contributed by atoms with Gasteiger partial charge < -0.3 is 15.4 Å². The number of amides is 1. The third-order valence-corrected chi connectivity index (χ3v) is 3.95. The molecule has 3 rings (SSSR count). The molecule has 8 heteroatoms. The lowest BCUT2D eigenvalue weighted by Crippen LogP contribution is -2.40. The van der Waals surface area contributed by atoms with Crippen LogP contribution in [0.5, 0.6) is 11.6 Å². The molecule has 1 atom stereocenters. The lowest BCUT2D eigenvalue weighted by Gasteiger charge is -2.21. The van der Waals surface area contributed by atoms with Crippen LogP contribution in [0.2, 0.25) is 0 Å². The van der Waals surface area contributed by atoms with Gasteiger partial charge in [-0.1, -0.05) is 12.1 Å². The minimum absolute atomic E-state index is 0. The fraction of sp³-hybridized carbons (Fsp3) is 0.333. The molecule has 1 unspecified atom stereocenters. The number of nitrogens with zero attached hydrogens (tertiary/aromatic N) is 1. The highest BCUT2D eigenvalue weighted by Gasteiger charge is 2.20. The molecule has 1 aliphatic rings. The van der Waals surface area contributed by atoms with E-state index in [0.29, 0.717) is 18.2 Å². The quantitative estimate of drug-likeness (QED) is 0.804. The van der Waals surface area contributed by atoms with Crippen LogP contribution in [-0.4, -0.2) is 24.0 Å². The van der Waals surface area contributed by atoms with Gasteiger partial charge in [-0.25, -0.2) is 9.37 Å². The Kier molecular flexibility index (Phi) is 9.34. The summed E-state index contributed by atoms with van der Waals surface area (Å²) in [6.07, 6.45) is 3.61. The summed E-state index contributed by atoms with van der Waals surface area (Å²) in [4.78, 5) is 16.3. The molecule has 1 saturated heterocycles.